The number of carbonyl (C=O) groups excluding carboxylic acids is 2. The Labute approximate surface area is 184 Å². The maximum Gasteiger partial charge on any atom is 0.325 e. The molecule has 4 N–H and O–H groups in total. The van der Waals surface area contributed by atoms with Crippen LogP contribution in [0.2, 0.25) is 0 Å². The Balaban J connectivity index is 2.01. The lowest BCUT2D eigenvalue weighted by atomic mass is 10.2. The molecule has 0 saturated heterocycles. The highest BCUT2D eigenvalue weighted by molar-refractivity contribution is 6.04. The molecule has 0 fully saturated rings. The van der Waals surface area contributed by atoms with Crippen molar-refractivity contribution in [2.75, 3.05) is 31.4 Å². The summed E-state index contributed by atoms with van der Waals surface area (Å²) < 4.78 is 17.3. The van der Waals surface area contributed by atoms with Crippen molar-refractivity contribution in [2.45, 2.75) is 26.4 Å². The summed E-state index contributed by atoms with van der Waals surface area (Å²) in [6.07, 6.45) is 1.35. The first-order chi connectivity index (χ1) is 15.1. The normalized spacial score (nSPS) is 11.2. The van der Waals surface area contributed by atoms with Crippen molar-refractivity contribution in [1.82, 2.24) is 19.6 Å². The predicted molar refractivity (Wildman–Crippen MR) is 116 cm³/mol. The average molecular weight is 443 g/mol. The number of nitrogens with one attached hydrogen (secondary N) is 2. The van der Waals surface area contributed by atoms with Crippen molar-refractivity contribution in [1.29, 1.82) is 0 Å². The number of amides is 1. The number of methoxy groups -OCH3 is 2. The number of ether oxygens (including phenoxy) is 3. The molecule has 0 aliphatic carbocycles. The van der Waals surface area contributed by atoms with Gasteiger partial charge in [0.2, 0.25) is 5.95 Å². The molecule has 0 radical (unpaired) electrons. The summed E-state index contributed by atoms with van der Waals surface area (Å²) in [5.74, 6) is 0.134. The van der Waals surface area contributed by atoms with Gasteiger partial charge >= 0.3 is 5.97 Å². The lowest BCUT2D eigenvalue weighted by Gasteiger charge is -2.20. The largest absolute Gasteiger partial charge is 0.497 e. The number of nitrogens with zero attached hydrogens (tertiary/aromatic N) is 4. The van der Waals surface area contributed by atoms with Gasteiger partial charge in [-0.25, -0.2) is 0 Å². The van der Waals surface area contributed by atoms with Gasteiger partial charge in [0.1, 0.15) is 35.5 Å². The van der Waals surface area contributed by atoms with Gasteiger partial charge in [-0.15, -0.1) is 10.2 Å². The fourth-order valence-electron chi connectivity index (χ4n) is 2.87. The summed E-state index contributed by atoms with van der Waals surface area (Å²) in [5, 5.41) is 13.8. The van der Waals surface area contributed by atoms with Crippen LogP contribution in [0.3, 0.4) is 0 Å². The van der Waals surface area contributed by atoms with E-state index in [0.717, 1.165) is 0 Å². The highest BCUT2D eigenvalue weighted by Gasteiger charge is 2.22. The third kappa shape index (κ3) is 5.14. The van der Waals surface area contributed by atoms with Crippen LogP contribution in [0.25, 0.3) is 5.65 Å². The molecule has 0 saturated carbocycles. The molecule has 2 aromatic heterocycles. The van der Waals surface area contributed by atoms with Crippen molar-refractivity contribution in [3.05, 3.63) is 30.1 Å². The highest BCUT2D eigenvalue weighted by Crippen LogP contribution is 2.30. The zero-order chi connectivity index (χ0) is 23.5. The lowest BCUT2D eigenvalue weighted by molar-refractivity contribution is -0.152. The minimum absolute atomic E-state index is 0.0205. The fraction of sp³-hybridized carbons (Fsp3) is 0.350. The minimum atomic E-state index is -0.758. The number of benzene rings is 1. The predicted octanol–water partition coefficient (Wildman–Crippen LogP) is 1.74. The van der Waals surface area contributed by atoms with Crippen molar-refractivity contribution >= 4 is 35.0 Å². The van der Waals surface area contributed by atoms with E-state index in [4.69, 9.17) is 19.9 Å². The number of carbonyl (C=O) groups is 2. The molecule has 3 rings (SSSR count). The van der Waals surface area contributed by atoms with Crippen LogP contribution in [0.5, 0.6) is 11.5 Å². The topological polar surface area (TPSA) is 155 Å². The Hall–Kier alpha value is -4.09. The van der Waals surface area contributed by atoms with E-state index in [1.54, 1.807) is 39.0 Å². The Morgan fingerprint density at radius 1 is 1.12 bits per heavy atom. The summed E-state index contributed by atoms with van der Waals surface area (Å²) in [5.41, 5.74) is 5.68. The van der Waals surface area contributed by atoms with E-state index in [1.807, 2.05) is 0 Å². The lowest BCUT2D eigenvalue weighted by Crippen LogP contribution is -2.29. The van der Waals surface area contributed by atoms with Crippen molar-refractivity contribution in [3.8, 4) is 11.5 Å². The molecule has 0 aliphatic heterocycles. The molecule has 0 aliphatic rings. The number of fused-ring (bicyclic) bond motifs is 1. The van der Waals surface area contributed by atoms with Crippen LogP contribution in [-0.4, -0.2) is 57.8 Å². The number of aromatic nitrogens is 4. The van der Waals surface area contributed by atoms with Crippen LogP contribution in [0.4, 0.5) is 17.5 Å². The van der Waals surface area contributed by atoms with Gasteiger partial charge < -0.3 is 30.6 Å². The monoisotopic (exact) mass is 443 g/mol. The van der Waals surface area contributed by atoms with Crippen molar-refractivity contribution < 1.29 is 23.8 Å². The molecule has 32 heavy (non-hydrogen) atoms. The van der Waals surface area contributed by atoms with E-state index >= 15 is 0 Å². The molecule has 1 amide bonds. The molecular weight excluding hydrogens is 418 g/mol. The summed E-state index contributed by atoms with van der Waals surface area (Å²) in [7, 11) is 3.04. The van der Waals surface area contributed by atoms with Gasteiger partial charge in [0.05, 0.1) is 14.2 Å². The Bertz CT molecular complexity index is 1130. The number of hydrogen-bond donors (Lipinski definition) is 3. The van der Waals surface area contributed by atoms with E-state index in [0.29, 0.717) is 17.2 Å². The second-order valence-electron chi connectivity index (χ2n) is 7.71. The molecule has 12 heteroatoms. The van der Waals surface area contributed by atoms with E-state index in [2.05, 4.69) is 25.8 Å². The number of hydrogen-bond acceptors (Lipinski definition) is 10. The maximum atomic E-state index is 12.2. The second-order valence-corrected chi connectivity index (χ2v) is 7.71. The standard InChI is InChI=1S/C20H25N7O5/c1-20(2,3)32-14(28)9-22-19-25-17(15(16(21)29)18-26-23-10-27(18)19)24-11-6-12(30-4)8-13(7-11)31-5/h6-8,10,24H,9H2,1-5H3,(H2,21,29)(H,22,25). The SMILES string of the molecule is COc1cc(Nc2nc(NCC(=O)OC(C)(C)C)n3cnnc3c2C(N)=O)cc(OC)c1. The number of anilines is 3. The van der Waals surface area contributed by atoms with Crippen LogP contribution >= 0.6 is 0 Å². The van der Waals surface area contributed by atoms with Gasteiger partial charge in [-0.1, -0.05) is 0 Å². The first-order valence-electron chi connectivity index (χ1n) is 9.60. The third-order valence-corrected chi connectivity index (χ3v) is 4.13. The molecule has 0 atom stereocenters. The summed E-state index contributed by atoms with van der Waals surface area (Å²) >= 11 is 0. The van der Waals surface area contributed by atoms with E-state index in [-0.39, 0.29) is 29.5 Å². The molecule has 3 aromatic rings. The Kier molecular flexibility index (Phi) is 6.32. The summed E-state index contributed by atoms with van der Waals surface area (Å²) in [6.45, 7) is 5.15. The molecule has 12 nitrogen and oxygen atoms in total. The van der Waals surface area contributed by atoms with Crippen molar-refractivity contribution in [2.24, 2.45) is 5.73 Å². The van der Waals surface area contributed by atoms with Gasteiger partial charge in [-0.05, 0) is 20.8 Å². The molecular formula is C20H25N7O5. The van der Waals surface area contributed by atoms with Crippen LogP contribution in [0.1, 0.15) is 31.1 Å². The van der Waals surface area contributed by atoms with Gasteiger partial charge in [0.25, 0.3) is 5.91 Å². The molecule has 0 spiro atoms. The molecule has 170 valence electrons. The second kappa shape index (κ2) is 8.96. The van der Waals surface area contributed by atoms with Gasteiger partial charge in [-0.3, -0.25) is 14.0 Å². The number of nitrogens with two attached hydrogens (primary N) is 1. The third-order valence-electron chi connectivity index (χ3n) is 4.13. The van der Waals surface area contributed by atoms with Crippen LogP contribution < -0.4 is 25.8 Å². The molecule has 2 heterocycles. The summed E-state index contributed by atoms with van der Waals surface area (Å²) in [6, 6.07) is 5.08. The van der Waals surface area contributed by atoms with E-state index in [9.17, 15) is 9.59 Å². The minimum Gasteiger partial charge on any atom is -0.497 e. The Morgan fingerprint density at radius 2 is 1.78 bits per heavy atom. The zero-order valence-corrected chi connectivity index (χ0v) is 18.4. The van der Waals surface area contributed by atoms with Gasteiger partial charge in [0.15, 0.2) is 11.5 Å². The average Bonchev–Trinajstić information content (AvgIpc) is 3.19. The smallest absolute Gasteiger partial charge is 0.325 e. The number of rotatable bonds is 8. The quantitative estimate of drug-likeness (QED) is 0.438. The highest BCUT2D eigenvalue weighted by atomic mass is 16.6. The molecule has 0 bridgehead atoms. The first-order valence-corrected chi connectivity index (χ1v) is 9.60. The maximum absolute atomic E-state index is 12.2. The number of primary amides is 1. The van der Waals surface area contributed by atoms with E-state index < -0.39 is 17.5 Å². The first kappa shape index (κ1) is 22.6. The van der Waals surface area contributed by atoms with Gasteiger partial charge in [-0.2, -0.15) is 4.98 Å². The van der Waals surface area contributed by atoms with Crippen LogP contribution in [-0.2, 0) is 9.53 Å². The Morgan fingerprint density at radius 3 is 2.34 bits per heavy atom. The number of esters is 1. The van der Waals surface area contributed by atoms with Crippen LogP contribution in [0.15, 0.2) is 24.5 Å². The van der Waals surface area contributed by atoms with Gasteiger partial charge in [0, 0.05) is 23.9 Å². The summed E-state index contributed by atoms with van der Waals surface area (Å²) in [4.78, 5) is 28.8. The van der Waals surface area contributed by atoms with E-state index in [1.165, 1.54) is 24.9 Å². The fourth-order valence-corrected chi connectivity index (χ4v) is 2.87. The van der Waals surface area contributed by atoms with Crippen molar-refractivity contribution in [3.63, 3.8) is 0 Å². The zero-order valence-electron chi connectivity index (χ0n) is 18.4. The molecule has 1 aromatic carbocycles. The van der Waals surface area contributed by atoms with Crippen LogP contribution in [0, 0.1) is 0 Å². The molecule has 0 unspecified atom stereocenters.